The van der Waals surface area contributed by atoms with Gasteiger partial charge in [-0.15, -0.1) is 11.3 Å². The van der Waals surface area contributed by atoms with Crippen molar-refractivity contribution in [3.8, 4) is 0 Å². The zero-order valence-electron chi connectivity index (χ0n) is 10.9. The zero-order valence-corrected chi connectivity index (χ0v) is 11.7. The molecule has 3 heterocycles. The summed E-state index contributed by atoms with van der Waals surface area (Å²) in [6.07, 6.45) is 2.07. The molecule has 0 saturated carbocycles. The molecular weight excluding hydrogens is 262 g/mol. The first-order valence-electron chi connectivity index (χ1n) is 6.58. The van der Waals surface area contributed by atoms with Crippen molar-refractivity contribution in [2.75, 3.05) is 13.2 Å². The van der Waals surface area contributed by atoms with Crippen molar-refractivity contribution < 1.29 is 9.26 Å². The lowest BCUT2D eigenvalue weighted by Crippen LogP contribution is -2.29. The van der Waals surface area contributed by atoms with E-state index < -0.39 is 0 Å². The van der Waals surface area contributed by atoms with Gasteiger partial charge in [0.2, 0.25) is 5.89 Å². The van der Waals surface area contributed by atoms with Crippen molar-refractivity contribution in [3.05, 3.63) is 33.6 Å². The second-order valence-corrected chi connectivity index (χ2v) is 5.54. The number of aromatic nitrogens is 2. The first-order valence-corrected chi connectivity index (χ1v) is 7.46. The van der Waals surface area contributed by atoms with E-state index in [1.807, 2.05) is 0 Å². The Hall–Kier alpha value is -1.24. The minimum absolute atomic E-state index is 0.0300. The molecule has 1 aliphatic rings. The maximum Gasteiger partial charge on any atom is 0.248 e. The fourth-order valence-electron chi connectivity index (χ4n) is 2.22. The summed E-state index contributed by atoms with van der Waals surface area (Å²) in [6, 6.07) is 2.16. The van der Waals surface area contributed by atoms with Gasteiger partial charge in [0.25, 0.3) is 0 Å². The molecule has 0 radical (unpaired) electrons. The van der Waals surface area contributed by atoms with Crippen LogP contribution in [0.4, 0.5) is 0 Å². The summed E-state index contributed by atoms with van der Waals surface area (Å²) < 4.78 is 10.8. The van der Waals surface area contributed by atoms with Crippen LogP contribution in [0.2, 0.25) is 0 Å². The molecule has 2 aromatic heterocycles. The van der Waals surface area contributed by atoms with Crippen molar-refractivity contribution in [2.24, 2.45) is 0 Å². The Kier molecular flexibility index (Phi) is 3.91. The van der Waals surface area contributed by atoms with E-state index in [1.54, 1.807) is 11.3 Å². The second kappa shape index (κ2) is 5.81. The first-order chi connectivity index (χ1) is 9.38. The molecule has 5 nitrogen and oxygen atoms in total. The number of fused-ring (bicyclic) bond motifs is 1. The molecule has 0 aliphatic carbocycles. The Balaban J connectivity index is 1.73. The quantitative estimate of drug-likeness (QED) is 0.851. The molecule has 1 unspecified atom stereocenters. The van der Waals surface area contributed by atoms with Crippen molar-refractivity contribution in [1.29, 1.82) is 0 Å². The van der Waals surface area contributed by atoms with Gasteiger partial charge in [0.05, 0.1) is 0 Å². The maximum atomic E-state index is 5.42. The molecular formula is C13H17N3O2S. The highest BCUT2D eigenvalue weighted by Crippen LogP contribution is 2.31. The molecule has 102 valence electrons. The summed E-state index contributed by atoms with van der Waals surface area (Å²) in [7, 11) is 0. The lowest BCUT2D eigenvalue weighted by Gasteiger charge is -2.20. The number of rotatable bonds is 5. The van der Waals surface area contributed by atoms with E-state index in [9.17, 15) is 0 Å². The molecule has 0 bridgehead atoms. The van der Waals surface area contributed by atoms with E-state index in [0.717, 1.165) is 26.0 Å². The third-order valence-electron chi connectivity index (χ3n) is 3.10. The van der Waals surface area contributed by atoms with Gasteiger partial charge in [-0.1, -0.05) is 12.1 Å². The predicted molar refractivity (Wildman–Crippen MR) is 72.1 cm³/mol. The van der Waals surface area contributed by atoms with Crippen LogP contribution in [0, 0.1) is 0 Å². The molecule has 3 rings (SSSR count). The fraction of sp³-hybridized carbons (Fsp3) is 0.538. The zero-order chi connectivity index (χ0) is 13.1. The van der Waals surface area contributed by atoms with Gasteiger partial charge in [0.15, 0.2) is 5.82 Å². The maximum absolute atomic E-state index is 5.42. The summed E-state index contributed by atoms with van der Waals surface area (Å²) >= 11 is 1.79. The molecule has 1 atom stereocenters. The number of ether oxygens (including phenoxy) is 1. The molecule has 0 amide bonds. The van der Waals surface area contributed by atoms with Gasteiger partial charge >= 0.3 is 0 Å². The Labute approximate surface area is 116 Å². The van der Waals surface area contributed by atoms with Crippen LogP contribution in [0.15, 0.2) is 16.0 Å². The molecule has 1 N–H and O–H groups in total. The number of nitrogens with one attached hydrogen (secondary N) is 1. The standard InChI is InChI=1S/C13H17N3O2S/c1-2-6-17-8-11-15-13(18-16-11)12-9-4-7-19-10(9)3-5-14-12/h4,7,12,14H,2-3,5-6,8H2,1H3. The number of nitrogens with zero attached hydrogens (tertiary/aromatic N) is 2. The normalized spacial score (nSPS) is 18.5. The third-order valence-corrected chi connectivity index (χ3v) is 4.10. The van der Waals surface area contributed by atoms with Crippen LogP contribution in [-0.2, 0) is 17.8 Å². The monoisotopic (exact) mass is 279 g/mol. The van der Waals surface area contributed by atoms with Crippen molar-refractivity contribution in [3.63, 3.8) is 0 Å². The van der Waals surface area contributed by atoms with E-state index in [1.165, 1.54) is 10.4 Å². The van der Waals surface area contributed by atoms with Gasteiger partial charge in [0.1, 0.15) is 12.6 Å². The molecule has 1 aliphatic heterocycles. The van der Waals surface area contributed by atoms with E-state index >= 15 is 0 Å². The average molecular weight is 279 g/mol. The van der Waals surface area contributed by atoms with Gasteiger partial charge in [-0.3, -0.25) is 0 Å². The summed E-state index contributed by atoms with van der Waals surface area (Å²) in [4.78, 5) is 5.83. The molecule has 19 heavy (non-hydrogen) atoms. The van der Waals surface area contributed by atoms with Gasteiger partial charge in [-0.25, -0.2) is 0 Å². The predicted octanol–water partition coefficient (Wildman–Crippen LogP) is 2.29. The van der Waals surface area contributed by atoms with Crippen LogP contribution in [0.1, 0.15) is 41.5 Å². The van der Waals surface area contributed by atoms with Crippen molar-refractivity contribution >= 4 is 11.3 Å². The summed E-state index contributed by atoms with van der Waals surface area (Å²) in [6.45, 7) is 4.16. The van der Waals surface area contributed by atoms with Crippen LogP contribution >= 0.6 is 11.3 Å². The van der Waals surface area contributed by atoms with Crippen LogP contribution in [0.25, 0.3) is 0 Å². The van der Waals surface area contributed by atoms with Gasteiger partial charge < -0.3 is 14.6 Å². The molecule has 2 aromatic rings. The number of hydrogen-bond donors (Lipinski definition) is 1. The van der Waals surface area contributed by atoms with Crippen LogP contribution < -0.4 is 5.32 Å². The molecule has 6 heteroatoms. The topological polar surface area (TPSA) is 60.2 Å². The first kappa shape index (κ1) is 12.8. The van der Waals surface area contributed by atoms with Gasteiger partial charge in [-0.2, -0.15) is 4.98 Å². The number of thiophene rings is 1. The second-order valence-electron chi connectivity index (χ2n) is 4.54. The minimum Gasteiger partial charge on any atom is -0.373 e. The third kappa shape index (κ3) is 2.70. The largest absolute Gasteiger partial charge is 0.373 e. The SMILES string of the molecule is CCCOCc1noc(C2NCCc3sccc32)n1. The van der Waals surface area contributed by atoms with Crippen LogP contribution in [0.3, 0.4) is 0 Å². The lowest BCUT2D eigenvalue weighted by molar-refractivity contribution is 0.114. The molecule has 0 aromatic carbocycles. The Bertz CT molecular complexity index is 537. The molecule has 0 fully saturated rings. The molecule has 0 spiro atoms. The van der Waals surface area contributed by atoms with E-state index in [0.29, 0.717) is 18.3 Å². The van der Waals surface area contributed by atoms with Crippen molar-refractivity contribution in [2.45, 2.75) is 32.4 Å². The van der Waals surface area contributed by atoms with E-state index in [2.05, 4.69) is 33.8 Å². The fourth-order valence-corrected chi connectivity index (χ4v) is 3.14. The summed E-state index contributed by atoms with van der Waals surface area (Å²) in [5, 5.41) is 9.52. The highest BCUT2D eigenvalue weighted by Gasteiger charge is 2.26. The van der Waals surface area contributed by atoms with E-state index in [-0.39, 0.29) is 6.04 Å². The lowest BCUT2D eigenvalue weighted by atomic mass is 10.0. The van der Waals surface area contributed by atoms with E-state index in [4.69, 9.17) is 9.26 Å². The van der Waals surface area contributed by atoms with Gasteiger partial charge in [-0.05, 0) is 29.9 Å². The minimum atomic E-state index is 0.0300. The summed E-state index contributed by atoms with van der Waals surface area (Å²) in [5.41, 5.74) is 1.26. The smallest absolute Gasteiger partial charge is 0.248 e. The van der Waals surface area contributed by atoms with Crippen LogP contribution in [0.5, 0.6) is 0 Å². The Morgan fingerprint density at radius 1 is 1.58 bits per heavy atom. The van der Waals surface area contributed by atoms with Crippen LogP contribution in [-0.4, -0.2) is 23.3 Å². The van der Waals surface area contributed by atoms with Crippen molar-refractivity contribution in [1.82, 2.24) is 15.5 Å². The summed E-state index contributed by atoms with van der Waals surface area (Å²) in [5.74, 6) is 1.25. The number of hydrogen-bond acceptors (Lipinski definition) is 6. The van der Waals surface area contributed by atoms with Gasteiger partial charge in [0, 0.05) is 18.0 Å². The highest BCUT2D eigenvalue weighted by atomic mass is 32.1. The Morgan fingerprint density at radius 3 is 3.42 bits per heavy atom. The molecule has 0 saturated heterocycles. The Morgan fingerprint density at radius 2 is 2.53 bits per heavy atom. The highest BCUT2D eigenvalue weighted by molar-refractivity contribution is 7.10. The average Bonchev–Trinajstić information content (AvgIpc) is 3.07.